The Morgan fingerprint density at radius 3 is 2.53 bits per heavy atom. The zero-order valence-corrected chi connectivity index (χ0v) is 17.2. The molecule has 1 amide bonds. The Kier molecular flexibility index (Phi) is 5.19. The molecule has 5 nitrogen and oxygen atoms in total. The fourth-order valence-corrected chi connectivity index (χ4v) is 3.76. The van der Waals surface area contributed by atoms with Gasteiger partial charge in [0, 0.05) is 18.2 Å². The highest BCUT2D eigenvalue weighted by Crippen LogP contribution is 2.28. The number of benzene rings is 3. The van der Waals surface area contributed by atoms with Crippen LogP contribution in [0, 0.1) is 0 Å². The average Bonchev–Trinajstić information content (AvgIpc) is 3.16. The molecule has 150 valence electrons. The van der Waals surface area contributed by atoms with Crippen molar-refractivity contribution < 1.29 is 9.59 Å². The van der Waals surface area contributed by atoms with Crippen LogP contribution in [0.5, 0.6) is 0 Å². The van der Waals surface area contributed by atoms with Crippen molar-refractivity contribution in [2.45, 2.75) is 26.8 Å². The number of Topliss-reactive ketones (excluding diaryl/α,β-unsaturated/α-hetero) is 1. The summed E-state index contributed by atoms with van der Waals surface area (Å²) in [5.41, 5.74) is 6.42. The van der Waals surface area contributed by atoms with Crippen LogP contribution in [0.2, 0.25) is 0 Å². The molecule has 1 N–H and O–H groups in total. The van der Waals surface area contributed by atoms with Gasteiger partial charge in [-0.15, -0.1) is 0 Å². The third kappa shape index (κ3) is 3.74. The highest BCUT2D eigenvalue weighted by Gasteiger charge is 2.12. The third-order valence-corrected chi connectivity index (χ3v) is 5.23. The van der Waals surface area contributed by atoms with E-state index in [1.807, 2.05) is 72.2 Å². The highest BCUT2D eigenvalue weighted by atomic mass is 16.1. The van der Waals surface area contributed by atoms with E-state index in [0.717, 1.165) is 33.4 Å². The molecule has 1 atom stereocenters. The second-order valence-corrected chi connectivity index (χ2v) is 7.44. The lowest BCUT2D eigenvalue weighted by molar-refractivity contribution is -0.119. The van der Waals surface area contributed by atoms with E-state index in [4.69, 9.17) is 0 Å². The lowest BCUT2D eigenvalue weighted by Gasteiger charge is -2.13. The minimum Gasteiger partial charge on any atom is -0.350 e. The normalized spacial score (nSPS) is 12.0. The Morgan fingerprint density at radius 1 is 0.967 bits per heavy atom. The number of ketones is 1. The van der Waals surface area contributed by atoms with Crippen LogP contribution < -0.4 is 5.32 Å². The molecule has 0 saturated carbocycles. The van der Waals surface area contributed by atoms with E-state index in [1.165, 1.54) is 6.92 Å². The van der Waals surface area contributed by atoms with E-state index in [1.54, 1.807) is 13.3 Å². The van der Waals surface area contributed by atoms with Crippen molar-refractivity contribution in [3.8, 4) is 16.8 Å². The van der Waals surface area contributed by atoms with Gasteiger partial charge in [0.2, 0.25) is 5.91 Å². The maximum Gasteiger partial charge on any atom is 0.217 e. The van der Waals surface area contributed by atoms with Crippen molar-refractivity contribution in [3.05, 3.63) is 84.2 Å². The monoisotopic (exact) mass is 397 g/mol. The van der Waals surface area contributed by atoms with E-state index < -0.39 is 0 Å². The van der Waals surface area contributed by atoms with Crippen LogP contribution in [0.3, 0.4) is 0 Å². The molecule has 0 spiro atoms. The number of hydrogen-bond acceptors (Lipinski definition) is 3. The van der Waals surface area contributed by atoms with Crippen molar-refractivity contribution >= 4 is 22.7 Å². The number of aromatic nitrogens is 2. The fraction of sp³-hybridized carbons (Fsp3) is 0.160. The van der Waals surface area contributed by atoms with Gasteiger partial charge in [0.15, 0.2) is 5.78 Å². The lowest BCUT2D eigenvalue weighted by Crippen LogP contribution is -2.23. The first-order valence-electron chi connectivity index (χ1n) is 9.89. The van der Waals surface area contributed by atoms with Gasteiger partial charge in [-0.3, -0.25) is 14.2 Å². The van der Waals surface area contributed by atoms with Gasteiger partial charge in [0.1, 0.15) is 6.33 Å². The molecule has 0 aliphatic heterocycles. The summed E-state index contributed by atoms with van der Waals surface area (Å²) in [5, 5.41) is 2.90. The molecule has 0 saturated heterocycles. The minimum absolute atomic E-state index is 0.0462. The molecule has 3 aromatic carbocycles. The van der Waals surface area contributed by atoms with Crippen LogP contribution in [0.25, 0.3) is 27.8 Å². The molecule has 5 heteroatoms. The number of carbonyl (C=O) groups excluding carboxylic acids is 2. The van der Waals surface area contributed by atoms with Gasteiger partial charge in [-0.2, -0.15) is 0 Å². The van der Waals surface area contributed by atoms with Gasteiger partial charge in [0.25, 0.3) is 0 Å². The lowest BCUT2D eigenvalue weighted by atomic mass is 9.97. The van der Waals surface area contributed by atoms with Gasteiger partial charge >= 0.3 is 0 Å². The summed E-state index contributed by atoms with van der Waals surface area (Å²) in [6, 6.07) is 21.7. The summed E-state index contributed by atoms with van der Waals surface area (Å²) in [5.74, 6) is -0.0133. The van der Waals surface area contributed by atoms with E-state index in [-0.39, 0.29) is 17.7 Å². The van der Waals surface area contributed by atoms with Crippen molar-refractivity contribution in [3.63, 3.8) is 0 Å². The van der Waals surface area contributed by atoms with Crippen LogP contribution in [0.15, 0.2) is 73.1 Å². The van der Waals surface area contributed by atoms with Gasteiger partial charge in [-0.05, 0) is 54.8 Å². The largest absolute Gasteiger partial charge is 0.350 e. The van der Waals surface area contributed by atoms with Gasteiger partial charge in [0.05, 0.1) is 17.1 Å². The number of hydrogen-bond donors (Lipinski definition) is 1. The molecule has 1 heterocycles. The van der Waals surface area contributed by atoms with E-state index >= 15 is 0 Å². The van der Waals surface area contributed by atoms with Crippen LogP contribution in [-0.2, 0) is 4.79 Å². The summed E-state index contributed by atoms with van der Waals surface area (Å²) in [6.07, 6.45) is 1.80. The van der Waals surface area contributed by atoms with Crippen LogP contribution in [-0.4, -0.2) is 21.2 Å². The van der Waals surface area contributed by atoms with Crippen molar-refractivity contribution in [1.82, 2.24) is 14.9 Å². The fourth-order valence-electron chi connectivity index (χ4n) is 3.76. The van der Waals surface area contributed by atoms with Crippen LogP contribution >= 0.6 is 0 Å². The number of imidazole rings is 1. The second kappa shape index (κ2) is 7.95. The number of carbonyl (C=O) groups is 2. The second-order valence-electron chi connectivity index (χ2n) is 7.44. The first-order chi connectivity index (χ1) is 14.4. The van der Waals surface area contributed by atoms with Gasteiger partial charge in [-0.25, -0.2) is 4.98 Å². The molecule has 1 aromatic heterocycles. The highest BCUT2D eigenvalue weighted by molar-refractivity contribution is 6.00. The molecular formula is C25H23N3O2. The summed E-state index contributed by atoms with van der Waals surface area (Å²) in [6.45, 7) is 5.06. The number of amides is 1. The maximum absolute atomic E-state index is 12.0. The Hall–Kier alpha value is -3.73. The zero-order chi connectivity index (χ0) is 21.3. The summed E-state index contributed by atoms with van der Waals surface area (Å²) < 4.78 is 2.03. The minimum atomic E-state index is -0.0801. The van der Waals surface area contributed by atoms with Crippen molar-refractivity contribution in [2.24, 2.45) is 0 Å². The molecule has 0 bridgehead atoms. The molecule has 30 heavy (non-hydrogen) atoms. The first kappa shape index (κ1) is 19.6. The SMILES string of the molecule is CC(=O)N[C@H](C)c1ccc2c(c1)ncn2-c1cccc(-c2ccccc2C(C)=O)c1. The molecule has 4 aromatic rings. The van der Waals surface area contributed by atoms with E-state index in [2.05, 4.69) is 16.4 Å². The van der Waals surface area contributed by atoms with Crippen LogP contribution in [0.4, 0.5) is 0 Å². The Balaban J connectivity index is 1.74. The molecule has 0 fully saturated rings. The molecule has 0 aliphatic rings. The Labute approximate surface area is 175 Å². The first-order valence-corrected chi connectivity index (χ1v) is 9.89. The number of nitrogens with zero attached hydrogens (tertiary/aromatic N) is 2. The molecule has 0 unspecified atom stereocenters. The topological polar surface area (TPSA) is 64.0 Å². The predicted octanol–water partition coefficient (Wildman–Crippen LogP) is 5.09. The predicted molar refractivity (Wildman–Crippen MR) is 119 cm³/mol. The number of nitrogens with one attached hydrogen (secondary N) is 1. The number of fused-ring (bicyclic) bond motifs is 1. The summed E-state index contributed by atoms with van der Waals surface area (Å²) >= 11 is 0. The average molecular weight is 397 g/mol. The Bertz CT molecular complexity index is 1260. The summed E-state index contributed by atoms with van der Waals surface area (Å²) in [4.78, 5) is 27.9. The molecule has 4 rings (SSSR count). The van der Waals surface area contributed by atoms with E-state index in [9.17, 15) is 9.59 Å². The quantitative estimate of drug-likeness (QED) is 0.477. The standard InChI is InChI=1S/C25H23N3O2/c1-16(27-18(3)30)19-11-12-25-24(14-19)26-15-28(25)21-8-6-7-20(13-21)23-10-5-4-9-22(23)17(2)29/h4-16H,1-3H3,(H,27,30)/t16-/m1/s1. The Morgan fingerprint density at radius 2 is 1.77 bits per heavy atom. The molecule has 0 aliphatic carbocycles. The molecule has 0 radical (unpaired) electrons. The van der Waals surface area contributed by atoms with Gasteiger partial charge < -0.3 is 5.32 Å². The third-order valence-electron chi connectivity index (χ3n) is 5.23. The smallest absolute Gasteiger partial charge is 0.217 e. The van der Waals surface area contributed by atoms with Crippen molar-refractivity contribution in [2.75, 3.05) is 0 Å². The number of rotatable bonds is 5. The zero-order valence-electron chi connectivity index (χ0n) is 17.2. The summed E-state index contributed by atoms with van der Waals surface area (Å²) in [7, 11) is 0. The maximum atomic E-state index is 12.0. The van der Waals surface area contributed by atoms with Gasteiger partial charge in [-0.1, -0.05) is 42.5 Å². The molecular weight excluding hydrogens is 374 g/mol. The van der Waals surface area contributed by atoms with Crippen molar-refractivity contribution in [1.29, 1.82) is 0 Å². The van der Waals surface area contributed by atoms with E-state index in [0.29, 0.717) is 5.56 Å². The van der Waals surface area contributed by atoms with Crippen LogP contribution in [0.1, 0.15) is 42.7 Å².